The number of halogens is 1. The lowest BCUT2D eigenvalue weighted by Gasteiger charge is -2.09. The van der Waals surface area contributed by atoms with Crippen molar-refractivity contribution in [2.24, 2.45) is 4.99 Å². The summed E-state index contributed by atoms with van der Waals surface area (Å²) in [4.78, 5) is 16.5. The number of carbonyl (C=O) groups is 1. The first-order valence-electron chi connectivity index (χ1n) is 6.32. The van der Waals surface area contributed by atoms with Crippen molar-refractivity contribution < 1.29 is 9.53 Å². The van der Waals surface area contributed by atoms with Gasteiger partial charge in [0.05, 0.1) is 22.9 Å². The topological polar surface area (TPSA) is 43.6 Å². The third kappa shape index (κ3) is 2.23. The van der Waals surface area contributed by atoms with Gasteiger partial charge in [-0.1, -0.05) is 23.7 Å². The molecule has 0 fully saturated rings. The number of nitrogens with zero attached hydrogens (tertiary/aromatic N) is 2. The van der Waals surface area contributed by atoms with Gasteiger partial charge in [-0.3, -0.25) is 4.79 Å². The number of Topliss-reactive ketones (excluding diaryl/α,β-unsaturated/α-hetero) is 1. The normalized spacial score (nSPS) is 14.0. The Morgan fingerprint density at radius 3 is 2.90 bits per heavy atom. The van der Waals surface area contributed by atoms with Crippen LogP contribution in [0.3, 0.4) is 0 Å². The maximum absolute atomic E-state index is 12.4. The summed E-state index contributed by atoms with van der Waals surface area (Å²) < 4.78 is 7.04. The highest BCUT2D eigenvalue weighted by atomic mass is 35.5. The summed E-state index contributed by atoms with van der Waals surface area (Å²) >= 11 is 6.21. The predicted molar refractivity (Wildman–Crippen MR) is 78.1 cm³/mol. The SMILES string of the molecule is Cc1cc(C(=O)C2=NCCO2)n(-c2ccccc2Cl)c1. The van der Waals surface area contributed by atoms with Crippen molar-refractivity contribution in [3.8, 4) is 5.69 Å². The largest absolute Gasteiger partial charge is 0.473 e. The molecule has 0 saturated heterocycles. The van der Waals surface area contributed by atoms with Crippen LogP contribution in [0.4, 0.5) is 0 Å². The molecular formula is C15H13ClN2O2. The number of para-hydroxylation sites is 1. The van der Waals surface area contributed by atoms with E-state index in [4.69, 9.17) is 16.3 Å². The van der Waals surface area contributed by atoms with Crippen molar-refractivity contribution in [2.45, 2.75) is 6.92 Å². The Morgan fingerprint density at radius 2 is 2.20 bits per heavy atom. The predicted octanol–water partition coefficient (Wildman–Crippen LogP) is 3.05. The summed E-state index contributed by atoms with van der Waals surface area (Å²) in [5.41, 5.74) is 2.26. The summed E-state index contributed by atoms with van der Waals surface area (Å²) in [6.07, 6.45) is 1.88. The molecule has 5 heteroatoms. The fourth-order valence-electron chi connectivity index (χ4n) is 2.20. The number of rotatable bonds is 3. The number of aliphatic imine (C=N–C) groups is 1. The standard InChI is InChI=1S/C15H13ClN2O2/c1-10-8-13(14(19)15-17-6-7-20-15)18(9-10)12-5-3-2-4-11(12)16/h2-5,8-9H,6-7H2,1H3. The summed E-state index contributed by atoms with van der Waals surface area (Å²) in [6, 6.07) is 9.22. The minimum Gasteiger partial charge on any atom is -0.473 e. The Hall–Kier alpha value is -2.07. The summed E-state index contributed by atoms with van der Waals surface area (Å²) in [7, 11) is 0. The Labute approximate surface area is 121 Å². The lowest BCUT2D eigenvalue weighted by Crippen LogP contribution is -2.18. The van der Waals surface area contributed by atoms with Gasteiger partial charge in [0.1, 0.15) is 6.61 Å². The van der Waals surface area contributed by atoms with Crippen molar-refractivity contribution in [3.05, 3.63) is 52.8 Å². The van der Waals surface area contributed by atoms with E-state index in [0.29, 0.717) is 23.9 Å². The molecule has 0 radical (unpaired) electrons. The first-order chi connectivity index (χ1) is 9.66. The van der Waals surface area contributed by atoms with Crippen LogP contribution in [0.5, 0.6) is 0 Å². The molecule has 1 aliphatic rings. The molecule has 2 heterocycles. The first-order valence-corrected chi connectivity index (χ1v) is 6.70. The molecule has 0 atom stereocenters. The van der Waals surface area contributed by atoms with Crippen molar-refractivity contribution in [1.82, 2.24) is 4.57 Å². The first kappa shape index (κ1) is 12.9. The number of hydrogen-bond donors (Lipinski definition) is 0. The zero-order chi connectivity index (χ0) is 14.1. The fourth-order valence-corrected chi connectivity index (χ4v) is 2.43. The second kappa shape index (κ2) is 5.13. The van der Waals surface area contributed by atoms with Gasteiger partial charge in [-0.2, -0.15) is 0 Å². The smallest absolute Gasteiger partial charge is 0.263 e. The van der Waals surface area contributed by atoms with Crippen LogP contribution in [0, 0.1) is 6.92 Å². The maximum atomic E-state index is 12.4. The molecular weight excluding hydrogens is 276 g/mol. The molecule has 0 aliphatic carbocycles. The van der Waals surface area contributed by atoms with E-state index in [9.17, 15) is 4.79 Å². The van der Waals surface area contributed by atoms with E-state index in [1.165, 1.54) is 0 Å². The van der Waals surface area contributed by atoms with Crippen LogP contribution < -0.4 is 0 Å². The zero-order valence-corrected chi connectivity index (χ0v) is 11.7. The molecule has 4 nitrogen and oxygen atoms in total. The molecule has 0 amide bonds. The number of hydrogen-bond acceptors (Lipinski definition) is 3. The van der Waals surface area contributed by atoms with Crippen molar-refractivity contribution in [3.63, 3.8) is 0 Å². The average Bonchev–Trinajstić information content (AvgIpc) is 3.08. The second-order valence-electron chi connectivity index (χ2n) is 4.59. The van der Waals surface area contributed by atoms with Crippen molar-refractivity contribution in [1.29, 1.82) is 0 Å². The summed E-state index contributed by atoms with van der Waals surface area (Å²) in [5.74, 6) is -0.0353. The van der Waals surface area contributed by atoms with Gasteiger partial charge in [0.25, 0.3) is 11.7 Å². The van der Waals surface area contributed by atoms with Gasteiger partial charge in [0.15, 0.2) is 0 Å². The van der Waals surface area contributed by atoms with Crippen molar-refractivity contribution >= 4 is 23.3 Å². The van der Waals surface area contributed by atoms with Crippen molar-refractivity contribution in [2.75, 3.05) is 13.2 Å². The third-order valence-corrected chi connectivity index (χ3v) is 3.40. The Morgan fingerprint density at radius 1 is 1.40 bits per heavy atom. The number of ketones is 1. The number of ether oxygens (including phenoxy) is 1. The lowest BCUT2D eigenvalue weighted by atomic mass is 10.2. The summed E-state index contributed by atoms with van der Waals surface area (Å²) in [6.45, 7) is 2.93. The zero-order valence-electron chi connectivity index (χ0n) is 11.0. The lowest BCUT2D eigenvalue weighted by molar-refractivity contribution is 0.103. The number of benzene rings is 1. The second-order valence-corrected chi connectivity index (χ2v) is 5.00. The quantitative estimate of drug-likeness (QED) is 0.815. The molecule has 20 heavy (non-hydrogen) atoms. The number of aromatic nitrogens is 1. The molecule has 102 valence electrons. The number of aryl methyl sites for hydroxylation is 1. The molecule has 0 saturated carbocycles. The molecule has 1 aliphatic heterocycles. The molecule has 2 aromatic rings. The van der Waals surface area contributed by atoms with Gasteiger partial charge in [0, 0.05) is 6.20 Å². The van der Waals surface area contributed by atoms with E-state index in [0.717, 1.165) is 11.3 Å². The molecule has 0 bridgehead atoms. The molecule has 1 aromatic carbocycles. The highest BCUT2D eigenvalue weighted by Crippen LogP contribution is 2.24. The van der Waals surface area contributed by atoms with Crippen LogP contribution in [0.1, 0.15) is 16.1 Å². The van der Waals surface area contributed by atoms with Gasteiger partial charge in [-0.25, -0.2) is 4.99 Å². The molecule has 0 unspecified atom stereocenters. The van der Waals surface area contributed by atoms with Gasteiger partial charge >= 0.3 is 0 Å². The minimum absolute atomic E-state index is 0.177. The van der Waals surface area contributed by atoms with E-state index < -0.39 is 0 Å². The summed E-state index contributed by atoms with van der Waals surface area (Å²) in [5, 5.41) is 0.589. The van der Waals surface area contributed by atoms with E-state index in [1.807, 2.05) is 37.4 Å². The van der Waals surface area contributed by atoms with E-state index in [-0.39, 0.29) is 11.7 Å². The Bertz CT molecular complexity index is 704. The van der Waals surface area contributed by atoms with Crippen LogP contribution in [-0.4, -0.2) is 29.4 Å². The Kier molecular flexibility index (Phi) is 3.32. The van der Waals surface area contributed by atoms with Gasteiger partial charge in [-0.05, 0) is 30.7 Å². The Balaban J connectivity index is 2.09. The fraction of sp³-hybridized carbons (Fsp3) is 0.200. The van der Waals surface area contributed by atoms with Crippen LogP contribution in [-0.2, 0) is 4.74 Å². The van der Waals surface area contributed by atoms with Gasteiger partial charge < -0.3 is 9.30 Å². The molecule has 1 aromatic heterocycles. The number of carbonyl (C=O) groups excluding carboxylic acids is 1. The van der Waals surface area contributed by atoms with Crippen LogP contribution in [0.2, 0.25) is 5.02 Å². The van der Waals surface area contributed by atoms with Crippen LogP contribution >= 0.6 is 11.6 Å². The van der Waals surface area contributed by atoms with E-state index in [1.54, 1.807) is 10.6 Å². The molecule has 0 spiro atoms. The molecule has 0 N–H and O–H groups in total. The third-order valence-electron chi connectivity index (χ3n) is 3.08. The van der Waals surface area contributed by atoms with Crippen LogP contribution in [0.25, 0.3) is 5.69 Å². The molecule has 3 rings (SSSR count). The van der Waals surface area contributed by atoms with E-state index in [2.05, 4.69) is 4.99 Å². The monoisotopic (exact) mass is 288 g/mol. The van der Waals surface area contributed by atoms with Gasteiger partial charge in [-0.15, -0.1) is 0 Å². The highest BCUT2D eigenvalue weighted by Gasteiger charge is 2.23. The van der Waals surface area contributed by atoms with Gasteiger partial charge in [0.2, 0.25) is 0 Å². The average molecular weight is 289 g/mol. The minimum atomic E-state index is -0.212. The maximum Gasteiger partial charge on any atom is 0.263 e. The highest BCUT2D eigenvalue weighted by molar-refractivity contribution is 6.43. The van der Waals surface area contributed by atoms with E-state index >= 15 is 0 Å². The van der Waals surface area contributed by atoms with Crippen LogP contribution in [0.15, 0.2) is 41.5 Å².